The van der Waals surface area contributed by atoms with Crippen molar-refractivity contribution < 1.29 is 18.8 Å². The van der Waals surface area contributed by atoms with Gasteiger partial charge in [-0.3, -0.25) is 19.3 Å². The third-order valence-corrected chi connectivity index (χ3v) is 3.94. The van der Waals surface area contributed by atoms with Gasteiger partial charge in [-0.1, -0.05) is 12.2 Å². The van der Waals surface area contributed by atoms with Gasteiger partial charge in [0.05, 0.1) is 24.6 Å². The Morgan fingerprint density at radius 3 is 2.48 bits per heavy atom. The molecule has 1 aromatic heterocycles. The number of furan rings is 1. The quantitative estimate of drug-likeness (QED) is 0.658. The Morgan fingerprint density at radius 2 is 1.90 bits per heavy atom. The highest BCUT2D eigenvalue weighted by Crippen LogP contribution is 2.34. The van der Waals surface area contributed by atoms with Crippen LogP contribution in [0, 0.1) is 11.8 Å². The maximum atomic E-state index is 12.2. The van der Waals surface area contributed by atoms with E-state index in [9.17, 15) is 14.4 Å². The fraction of sp³-hybridized carbons (Fsp3) is 0.400. The van der Waals surface area contributed by atoms with Crippen molar-refractivity contribution >= 4 is 17.7 Å². The fourth-order valence-corrected chi connectivity index (χ4v) is 2.82. The Bertz CT molecular complexity index is 565. The molecule has 6 nitrogen and oxygen atoms in total. The summed E-state index contributed by atoms with van der Waals surface area (Å²) in [5, 5.41) is 2.64. The molecule has 0 unspecified atom stereocenters. The largest absolute Gasteiger partial charge is 0.467 e. The molecule has 1 saturated heterocycles. The van der Waals surface area contributed by atoms with Gasteiger partial charge in [-0.25, -0.2) is 0 Å². The van der Waals surface area contributed by atoms with Crippen LogP contribution < -0.4 is 5.32 Å². The van der Waals surface area contributed by atoms with Crippen LogP contribution in [0.2, 0.25) is 0 Å². The molecule has 1 aliphatic carbocycles. The summed E-state index contributed by atoms with van der Waals surface area (Å²) in [6.45, 7) is 0.0296. The average Bonchev–Trinajstić information content (AvgIpc) is 3.09. The predicted octanol–water partition coefficient (Wildman–Crippen LogP) is 0.847. The number of carbonyl (C=O) groups excluding carboxylic acids is 3. The molecule has 1 aliphatic heterocycles. The molecule has 2 atom stereocenters. The second-order valence-electron chi connectivity index (χ2n) is 5.27. The van der Waals surface area contributed by atoms with Crippen molar-refractivity contribution in [2.75, 3.05) is 6.54 Å². The van der Waals surface area contributed by atoms with Crippen LogP contribution in [-0.4, -0.2) is 29.2 Å². The monoisotopic (exact) mass is 288 g/mol. The number of rotatable bonds is 4. The number of nitrogens with zero attached hydrogens (tertiary/aromatic N) is 1. The van der Waals surface area contributed by atoms with Crippen molar-refractivity contribution in [3.05, 3.63) is 36.3 Å². The van der Waals surface area contributed by atoms with E-state index in [0.717, 1.165) is 4.90 Å². The van der Waals surface area contributed by atoms with Gasteiger partial charge in [0.2, 0.25) is 17.7 Å². The third-order valence-electron chi connectivity index (χ3n) is 3.94. The van der Waals surface area contributed by atoms with Crippen LogP contribution in [0.5, 0.6) is 0 Å². The highest BCUT2D eigenvalue weighted by Gasteiger charge is 2.47. The van der Waals surface area contributed by atoms with E-state index in [1.54, 1.807) is 12.1 Å². The minimum atomic E-state index is -0.361. The summed E-state index contributed by atoms with van der Waals surface area (Å²) in [7, 11) is 0. The smallest absolute Gasteiger partial charge is 0.240 e. The van der Waals surface area contributed by atoms with E-state index in [2.05, 4.69) is 5.32 Å². The molecule has 0 bridgehead atoms. The van der Waals surface area contributed by atoms with Crippen LogP contribution in [0.15, 0.2) is 35.0 Å². The molecule has 6 heteroatoms. The molecular weight excluding hydrogens is 272 g/mol. The van der Waals surface area contributed by atoms with Crippen molar-refractivity contribution in [1.82, 2.24) is 10.2 Å². The maximum absolute atomic E-state index is 12.2. The molecule has 1 N–H and O–H groups in total. The number of allylic oxidation sites excluding steroid dienone is 2. The van der Waals surface area contributed by atoms with Crippen LogP contribution in [-0.2, 0) is 20.9 Å². The molecule has 21 heavy (non-hydrogen) atoms. The van der Waals surface area contributed by atoms with Gasteiger partial charge in [-0.05, 0) is 25.0 Å². The average molecular weight is 288 g/mol. The Balaban J connectivity index is 1.58. The second-order valence-corrected chi connectivity index (χ2v) is 5.27. The van der Waals surface area contributed by atoms with Crippen molar-refractivity contribution in [3.8, 4) is 0 Å². The minimum absolute atomic E-state index is 0.217. The summed E-state index contributed by atoms with van der Waals surface area (Å²) >= 11 is 0. The second kappa shape index (κ2) is 5.55. The Morgan fingerprint density at radius 1 is 1.24 bits per heavy atom. The minimum Gasteiger partial charge on any atom is -0.467 e. The first-order chi connectivity index (χ1) is 10.2. The molecule has 2 aliphatic rings. The standard InChI is InChI=1S/C15H16N2O4/c18-13(16-8-10-4-3-7-21-10)9-17-14(19)11-5-1-2-6-12(11)15(17)20/h1-4,7,11-12H,5-6,8-9H2,(H,16,18)/t11-,12+. The predicted molar refractivity (Wildman–Crippen MR) is 72.6 cm³/mol. The maximum Gasteiger partial charge on any atom is 0.240 e. The lowest BCUT2D eigenvalue weighted by Crippen LogP contribution is -2.40. The topological polar surface area (TPSA) is 79.6 Å². The zero-order valence-electron chi connectivity index (χ0n) is 11.5. The number of imide groups is 1. The van der Waals surface area contributed by atoms with Crippen molar-refractivity contribution in [3.63, 3.8) is 0 Å². The summed E-state index contributed by atoms with van der Waals surface area (Å²) in [6.07, 6.45) is 6.53. The molecule has 3 rings (SSSR count). The van der Waals surface area contributed by atoms with Gasteiger partial charge < -0.3 is 9.73 Å². The van der Waals surface area contributed by atoms with Gasteiger partial charge in [0.25, 0.3) is 0 Å². The summed E-state index contributed by atoms with van der Waals surface area (Å²) in [6, 6.07) is 3.47. The molecule has 1 aromatic rings. The van der Waals surface area contributed by atoms with Crippen LogP contribution in [0.3, 0.4) is 0 Å². The molecule has 1 fully saturated rings. The van der Waals surface area contributed by atoms with Gasteiger partial charge in [0, 0.05) is 0 Å². The van der Waals surface area contributed by atoms with E-state index in [0.29, 0.717) is 18.6 Å². The van der Waals surface area contributed by atoms with E-state index in [1.807, 2.05) is 12.2 Å². The van der Waals surface area contributed by atoms with Crippen molar-refractivity contribution in [2.45, 2.75) is 19.4 Å². The molecule has 110 valence electrons. The molecule has 0 aromatic carbocycles. The number of carbonyl (C=O) groups is 3. The van der Waals surface area contributed by atoms with Crippen LogP contribution in [0.25, 0.3) is 0 Å². The Hall–Kier alpha value is -2.37. The summed E-state index contributed by atoms with van der Waals surface area (Å²) in [5.41, 5.74) is 0. The van der Waals surface area contributed by atoms with Gasteiger partial charge in [0.15, 0.2) is 0 Å². The molecule has 2 heterocycles. The number of amides is 3. The van der Waals surface area contributed by atoms with Crippen LogP contribution >= 0.6 is 0 Å². The molecule has 0 spiro atoms. The molecule has 0 radical (unpaired) electrons. The fourth-order valence-electron chi connectivity index (χ4n) is 2.82. The Kier molecular flexibility index (Phi) is 3.60. The summed E-state index contributed by atoms with van der Waals surface area (Å²) < 4.78 is 5.10. The normalized spacial score (nSPS) is 24.3. The van der Waals surface area contributed by atoms with E-state index in [-0.39, 0.29) is 42.6 Å². The summed E-state index contributed by atoms with van der Waals surface area (Å²) in [4.78, 5) is 37.3. The summed E-state index contributed by atoms with van der Waals surface area (Å²) in [5.74, 6) is -0.786. The first-order valence-corrected chi connectivity index (χ1v) is 6.96. The van der Waals surface area contributed by atoms with E-state index >= 15 is 0 Å². The number of fused-ring (bicyclic) bond motifs is 1. The zero-order chi connectivity index (χ0) is 14.8. The van der Waals surface area contributed by atoms with Gasteiger partial charge in [-0.15, -0.1) is 0 Å². The van der Waals surface area contributed by atoms with Gasteiger partial charge in [0.1, 0.15) is 12.3 Å². The van der Waals surface area contributed by atoms with Crippen LogP contribution in [0.4, 0.5) is 0 Å². The van der Waals surface area contributed by atoms with Crippen molar-refractivity contribution in [1.29, 1.82) is 0 Å². The molecule has 0 saturated carbocycles. The van der Waals surface area contributed by atoms with E-state index < -0.39 is 0 Å². The zero-order valence-corrected chi connectivity index (χ0v) is 11.5. The Labute approximate surface area is 121 Å². The highest BCUT2D eigenvalue weighted by atomic mass is 16.3. The number of hydrogen-bond donors (Lipinski definition) is 1. The van der Waals surface area contributed by atoms with Crippen molar-refractivity contribution in [2.24, 2.45) is 11.8 Å². The van der Waals surface area contributed by atoms with Gasteiger partial charge >= 0.3 is 0 Å². The third kappa shape index (κ3) is 2.61. The van der Waals surface area contributed by atoms with Gasteiger partial charge in [-0.2, -0.15) is 0 Å². The first kappa shape index (κ1) is 13.6. The van der Waals surface area contributed by atoms with E-state index in [1.165, 1.54) is 6.26 Å². The van der Waals surface area contributed by atoms with Crippen LogP contribution in [0.1, 0.15) is 18.6 Å². The lowest BCUT2D eigenvalue weighted by Gasteiger charge is -2.14. The lowest BCUT2D eigenvalue weighted by atomic mass is 9.85. The molecule has 3 amide bonds. The number of hydrogen-bond acceptors (Lipinski definition) is 4. The van der Waals surface area contributed by atoms with E-state index in [4.69, 9.17) is 4.42 Å². The number of nitrogens with one attached hydrogen (secondary N) is 1. The lowest BCUT2D eigenvalue weighted by molar-refractivity contribution is -0.143. The highest BCUT2D eigenvalue weighted by molar-refractivity contribution is 6.07. The molecular formula is C15H16N2O4. The number of likely N-dealkylation sites (tertiary alicyclic amines) is 1. The SMILES string of the molecule is O=C(CN1C(=O)[C@H]2CC=CC[C@H]2C1=O)NCc1ccco1. The first-order valence-electron chi connectivity index (χ1n) is 6.96.